The molecule has 0 atom stereocenters. The number of hydrogen-bond donors (Lipinski definition) is 0. The average molecular weight is 222 g/mol. The summed E-state index contributed by atoms with van der Waals surface area (Å²) in [6, 6.07) is 0. The summed E-state index contributed by atoms with van der Waals surface area (Å²) in [4.78, 5) is 13.9. The van der Waals surface area contributed by atoms with Crippen molar-refractivity contribution in [3.8, 4) is 0 Å². The van der Waals surface area contributed by atoms with Gasteiger partial charge in [0.1, 0.15) is 11.3 Å². The molecule has 0 N–H and O–H groups in total. The SMILES string of the molecule is C=C(C)CN(CC)C(=O)c1c(C)noc1C. The highest BCUT2D eigenvalue weighted by Gasteiger charge is 2.22. The van der Waals surface area contributed by atoms with Gasteiger partial charge in [-0.25, -0.2) is 0 Å². The fourth-order valence-electron chi connectivity index (χ4n) is 1.60. The Balaban J connectivity index is 2.95. The Morgan fingerprint density at radius 2 is 2.12 bits per heavy atom. The van der Waals surface area contributed by atoms with Crippen molar-refractivity contribution < 1.29 is 9.32 Å². The van der Waals surface area contributed by atoms with Crippen LogP contribution in [0, 0.1) is 13.8 Å². The van der Waals surface area contributed by atoms with Crippen LogP contribution in [0.25, 0.3) is 0 Å². The van der Waals surface area contributed by atoms with Crippen molar-refractivity contribution in [3.05, 3.63) is 29.2 Å². The first-order valence-electron chi connectivity index (χ1n) is 5.33. The molecular weight excluding hydrogens is 204 g/mol. The van der Waals surface area contributed by atoms with Crippen molar-refractivity contribution in [2.45, 2.75) is 27.7 Å². The Morgan fingerprint density at radius 3 is 2.50 bits per heavy atom. The highest BCUT2D eigenvalue weighted by molar-refractivity contribution is 5.96. The van der Waals surface area contributed by atoms with Crippen LogP contribution in [0.1, 0.15) is 35.7 Å². The van der Waals surface area contributed by atoms with E-state index < -0.39 is 0 Å². The number of nitrogens with zero attached hydrogens (tertiary/aromatic N) is 2. The van der Waals surface area contributed by atoms with Gasteiger partial charge >= 0.3 is 0 Å². The van der Waals surface area contributed by atoms with E-state index in [1.165, 1.54) is 0 Å². The van der Waals surface area contributed by atoms with E-state index >= 15 is 0 Å². The predicted molar refractivity (Wildman–Crippen MR) is 62.4 cm³/mol. The summed E-state index contributed by atoms with van der Waals surface area (Å²) in [6.45, 7) is 12.4. The van der Waals surface area contributed by atoms with Crippen LogP contribution in [0.2, 0.25) is 0 Å². The zero-order chi connectivity index (χ0) is 12.3. The molecule has 0 aliphatic rings. The quantitative estimate of drug-likeness (QED) is 0.734. The second-order valence-electron chi connectivity index (χ2n) is 3.98. The maximum atomic E-state index is 12.2. The second kappa shape index (κ2) is 4.96. The molecule has 4 heteroatoms. The fourth-order valence-corrected chi connectivity index (χ4v) is 1.60. The number of hydrogen-bond acceptors (Lipinski definition) is 3. The first-order chi connectivity index (χ1) is 7.47. The summed E-state index contributed by atoms with van der Waals surface area (Å²) in [6.07, 6.45) is 0. The van der Waals surface area contributed by atoms with Gasteiger partial charge in [-0.2, -0.15) is 0 Å². The number of amides is 1. The van der Waals surface area contributed by atoms with Gasteiger partial charge in [0, 0.05) is 13.1 Å². The number of likely N-dealkylation sites (N-methyl/N-ethyl adjacent to an activating group) is 1. The van der Waals surface area contributed by atoms with Crippen LogP contribution in [0.15, 0.2) is 16.7 Å². The van der Waals surface area contributed by atoms with Crippen molar-refractivity contribution in [1.82, 2.24) is 10.1 Å². The lowest BCUT2D eigenvalue weighted by atomic mass is 10.1. The van der Waals surface area contributed by atoms with Crippen LogP contribution < -0.4 is 0 Å². The molecule has 0 fully saturated rings. The number of carbonyl (C=O) groups excluding carboxylic acids is 1. The Morgan fingerprint density at radius 1 is 1.50 bits per heavy atom. The number of aryl methyl sites for hydroxylation is 2. The molecule has 88 valence electrons. The standard InChI is InChI=1S/C12H18N2O2/c1-6-14(7-8(2)3)12(15)11-9(4)13-16-10(11)5/h2,6-7H2,1,3-5H3. The Bertz CT molecular complexity index is 388. The summed E-state index contributed by atoms with van der Waals surface area (Å²) in [5, 5.41) is 3.79. The van der Waals surface area contributed by atoms with Crippen molar-refractivity contribution in [3.63, 3.8) is 0 Å². The van der Waals surface area contributed by atoms with Gasteiger partial charge < -0.3 is 9.42 Å². The molecular formula is C12H18N2O2. The predicted octanol–water partition coefficient (Wildman–Crippen LogP) is 2.33. The van der Waals surface area contributed by atoms with Gasteiger partial charge in [-0.1, -0.05) is 17.3 Å². The lowest BCUT2D eigenvalue weighted by Gasteiger charge is -2.20. The summed E-state index contributed by atoms with van der Waals surface area (Å²) in [5.74, 6) is 0.532. The minimum absolute atomic E-state index is 0.0400. The van der Waals surface area contributed by atoms with E-state index in [9.17, 15) is 4.79 Å². The average Bonchev–Trinajstić information content (AvgIpc) is 2.54. The lowest BCUT2D eigenvalue weighted by molar-refractivity contribution is 0.0776. The van der Waals surface area contributed by atoms with Gasteiger partial charge in [0.05, 0.1) is 5.69 Å². The van der Waals surface area contributed by atoms with E-state index in [1.807, 2.05) is 13.8 Å². The van der Waals surface area contributed by atoms with E-state index in [4.69, 9.17) is 4.52 Å². The molecule has 0 unspecified atom stereocenters. The Hall–Kier alpha value is -1.58. The van der Waals surface area contributed by atoms with Crippen molar-refractivity contribution >= 4 is 5.91 Å². The van der Waals surface area contributed by atoms with Crippen LogP contribution in [0.4, 0.5) is 0 Å². The lowest BCUT2D eigenvalue weighted by Crippen LogP contribution is -2.32. The maximum absolute atomic E-state index is 12.2. The minimum atomic E-state index is -0.0400. The van der Waals surface area contributed by atoms with Gasteiger partial charge in [-0.05, 0) is 27.7 Å². The molecule has 4 nitrogen and oxygen atoms in total. The molecule has 1 aromatic rings. The molecule has 0 aliphatic carbocycles. The molecule has 1 amide bonds. The topological polar surface area (TPSA) is 46.3 Å². The molecule has 1 rings (SSSR count). The third-order valence-corrected chi connectivity index (χ3v) is 2.38. The highest BCUT2D eigenvalue weighted by atomic mass is 16.5. The second-order valence-corrected chi connectivity index (χ2v) is 3.98. The van der Waals surface area contributed by atoms with Crippen molar-refractivity contribution in [1.29, 1.82) is 0 Å². The molecule has 0 saturated carbocycles. The van der Waals surface area contributed by atoms with Crippen LogP contribution in [0.5, 0.6) is 0 Å². The summed E-state index contributed by atoms with van der Waals surface area (Å²) < 4.78 is 5.00. The number of rotatable bonds is 4. The van der Waals surface area contributed by atoms with Gasteiger partial charge in [-0.15, -0.1) is 0 Å². The highest BCUT2D eigenvalue weighted by Crippen LogP contribution is 2.15. The molecule has 0 saturated heterocycles. The summed E-state index contributed by atoms with van der Waals surface area (Å²) in [5.41, 5.74) is 2.17. The maximum Gasteiger partial charge on any atom is 0.259 e. The smallest absolute Gasteiger partial charge is 0.259 e. The van der Waals surface area contributed by atoms with E-state index in [2.05, 4.69) is 11.7 Å². The third-order valence-electron chi connectivity index (χ3n) is 2.38. The molecule has 16 heavy (non-hydrogen) atoms. The normalized spacial score (nSPS) is 10.2. The van der Waals surface area contributed by atoms with E-state index in [0.717, 1.165) is 5.57 Å². The van der Waals surface area contributed by atoms with Crippen LogP contribution in [-0.4, -0.2) is 29.1 Å². The molecule has 0 aromatic carbocycles. The van der Waals surface area contributed by atoms with E-state index in [0.29, 0.717) is 30.1 Å². The van der Waals surface area contributed by atoms with Crippen molar-refractivity contribution in [2.24, 2.45) is 0 Å². The zero-order valence-corrected chi connectivity index (χ0v) is 10.3. The zero-order valence-electron chi connectivity index (χ0n) is 10.3. The third kappa shape index (κ3) is 2.51. The first kappa shape index (κ1) is 12.5. The Labute approximate surface area is 95.9 Å². The van der Waals surface area contributed by atoms with Gasteiger partial charge in [0.15, 0.2) is 0 Å². The van der Waals surface area contributed by atoms with Crippen LogP contribution in [-0.2, 0) is 0 Å². The van der Waals surface area contributed by atoms with E-state index in [-0.39, 0.29) is 5.91 Å². The molecule has 1 heterocycles. The Kier molecular flexibility index (Phi) is 3.88. The molecule has 0 bridgehead atoms. The number of aromatic nitrogens is 1. The molecule has 0 radical (unpaired) electrons. The minimum Gasteiger partial charge on any atom is -0.361 e. The van der Waals surface area contributed by atoms with E-state index in [1.54, 1.807) is 18.7 Å². The molecule has 0 aliphatic heterocycles. The monoisotopic (exact) mass is 222 g/mol. The van der Waals surface area contributed by atoms with Crippen LogP contribution in [0.3, 0.4) is 0 Å². The summed E-state index contributed by atoms with van der Waals surface area (Å²) in [7, 11) is 0. The fraction of sp³-hybridized carbons (Fsp3) is 0.500. The summed E-state index contributed by atoms with van der Waals surface area (Å²) >= 11 is 0. The van der Waals surface area contributed by atoms with Gasteiger partial charge in [0.2, 0.25) is 0 Å². The molecule has 0 spiro atoms. The van der Waals surface area contributed by atoms with Crippen LogP contribution >= 0.6 is 0 Å². The largest absolute Gasteiger partial charge is 0.361 e. The number of carbonyl (C=O) groups is 1. The first-order valence-corrected chi connectivity index (χ1v) is 5.33. The van der Waals surface area contributed by atoms with Gasteiger partial charge in [-0.3, -0.25) is 4.79 Å². The molecule has 1 aromatic heterocycles. The van der Waals surface area contributed by atoms with Gasteiger partial charge in [0.25, 0.3) is 5.91 Å². The van der Waals surface area contributed by atoms with Crippen molar-refractivity contribution in [2.75, 3.05) is 13.1 Å².